The number of rotatable bonds is 3. The Morgan fingerprint density at radius 3 is 2.14 bits per heavy atom. The molecular formula is C16H19NO3S. The predicted molar refractivity (Wildman–Crippen MR) is 79.5 cm³/mol. The van der Waals surface area contributed by atoms with Crippen LogP contribution in [0.5, 0.6) is 5.75 Å². The first-order valence-electron chi connectivity index (χ1n) is 7.42. The molecule has 0 amide bonds. The Morgan fingerprint density at radius 2 is 1.62 bits per heavy atom. The molecule has 0 radical (unpaired) electrons. The van der Waals surface area contributed by atoms with Crippen LogP contribution in [0.2, 0.25) is 0 Å². The Morgan fingerprint density at radius 1 is 1.05 bits per heavy atom. The number of fused-ring (bicyclic) bond motifs is 5. The van der Waals surface area contributed by atoms with Crippen LogP contribution >= 0.6 is 0 Å². The van der Waals surface area contributed by atoms with Crippen LogP contribution in [0.1, 0.15) is 6.42 Å². The van der Waals surface area contributed by atoms with Crippen LogP contribution in [0.15, 0.2) is 41.3 Å². The summed E-state index contributed by atoms with van der Waals surface area (Å²) in [5, 5.41) is 0. The first-order chi connectivity index (χ1) is 10.1. The third-order valence-electron chi connectivity index (χ3n) is 5.33. The molecule has 1 aromatic carbocycles. The maximum atomic E-state index is 12.8. The lowest BCUT2D eigenvalue weighted by molar-refractivity contribution is 0.395. The largest absolute Gasteiger partial charge is 0.497 e. The molecule has 4 atom stereocenters. The van der Waals surface area contributed by atoms with Gasteiger partial charge in [0.1, 0.15) is 5.75 Å². The zero-order valence-corrected chi connectivity index (χ0v) is 12.8. The minimum Gasteiger partial charge on any atom is -0.497 e. The van der Waals surface area contributed by atoms with Crippen LogP contribution in [-0.2, 0) is 10.0 Å². The van der Waals surface area contributed by atoms with E-state index >= 15 is 0 Å². The molecule has 0 spiro atoms. The fourth-order valence-corrected chi connectivity index (χ4v) is 5.72. The summed E-state index contributed by atoms with van der Waals surface area (Å²) in [6.07, 6.45) is 5.80. The molecule has 1 saturated heterocycles. The van der Waals surface area contributed by atoms with Crippen molar-refractivity contribution < 1.29 is 13.2 Å². The van der Waals surface area contributed by atoms with E-state index in [1.165, 1.54) is 6.42 Å². The predicted octanol–water partition coefficient (Wildman–Crippen LogP) is 2.14. The standard InChI is InChI=1S/C16H19NO3S/c1-20-13-4-6-14(7-5-13)21(18,19)17-9-15-11-2-3-12(8-11)16(15)10-17/h2-7,11-12,15-16H,8-10H2,1H3/t11-,12+,15-,16?/m1/s1. The molecule has 21 heavy (non-hydrogen) atoms. The second-order valence-corrected chi connectivity index (χ2v) is 8.21. The summed E-state index contributed by atoms with van der Waals surface area (Å²) in [5.41, 5.74) is 0. The summed E-state index contributed by atoms with van der Waals surface area (Å²) in [6.45, 7) is 1.34. The van der Waals surface area contributed by atoms with Crippen molar-refractivity contribution in [2.45, 2.75) is 11.3 Å². The molecule has 1 aromatic rings. The summed E-state index contributed by atoms with van der Waals surface area (Å²) in [7, 11) is -1.80. The van der Waals surface area contributed by atoms with E-state index in [1.807, 2.05) is 0 Å². The fourth-order valence-electron chi connectivity index (χ4n) is 4.21. The Balaban J connectivity index is 1.58. The van der Waals surface area contributed by atoms with Gasteiger partial charge in [-0.15, -0.1) is 0 Å². The Kier molecular flexibility index (Phi) is 2.91. The van der Waals surface area contributed by atoms with Gasteiger partial charge < -0.3 is 4.74 Å². The van der Waals surface area contributed by atoms with Crippen LogP contribution in [0, 0.1) is 23.7 Å². The number of hydrogen-bond acceptors (Lipinski definition) is 3. The summed E-state index contributed by atoms with van der Waals surface area (Å²) in [5.74, 6) is 2.91. The van der Waals surface area contributed by atoms with E-state index < -0.39 is 10.0 Å². The van der Waals surface area contributed by atoms with E-state index in [1.54, 1.807) is 35.7 Å². The summed E-state index contributed by atoms with van der Waals surface area (Å²) in [4.78, 5) is 0.364. The minimum atomic E-state index is -3.37. The van der Waals surface area contributed by atoms with Gasteiger partial charge in [0.05, 0.1) is 12.0 Å². The molecule has 2 fully saturated rings. The van der Waals surface area contributed by atoms with Crippen LogP contribution in [0.4, 0.5) is 0 Å². The highest BCUT2D eigenvalue weighted by Crippen LogP contribution is 2.52. The molecule has 4 nitrogen and oxygen atoms in total. The number of hydrogen-bond donors (Lipinski definition) is 0. The number of benzene rings is 1. The van der Waals surface area contributed by atoms with Crippen molar-refractivity contribution in [3.8, 4) is 5.75 Å². The number of allylic oxidation sites excluding steroid dienone is 2. The highest BCUT2D eigenvalue weighted by molar-refractivity contribution is 7.89. The first kappa shape index (κ1) is 13.3. The van der Waals surface area contributed by atoms with Crippen molar-refractivity contribution >= 4 is 10.0 Å². The maximum absolute atomic E-state index is 12.8. The van der Waals surface area contributed by atoms with Gasteiger partial charge in [-0.2, -0.15) is 4.31 Å². The van der Waals surface area contributed by atoms with Gasteiger partial charge >= 0.3 is 0 Å². The zero-order chi connectivity index (χ0) is 14.6. The topological polar surface area (TPSA) is 46.6 Å². The third kappa shape index (κ3) is 1.94. The number of sulfonamides is 1. The summed E-state index contributed by atoms with van der Waals surface area (Å²) < 4.78 is 32.3. The van der Waals surface area contributed by atoms with Gasteiger partial charge in [0.25, 0.3) is 0 Å². The molecule has 0 N–H and O–H groups in total. The zero-order valence-electron chi connectivity index (χ0n) is 12.0. The lowest BCUT2D eigenvalue weighted by atomic mass is 9.86. The highest BCUT2D eigenvalue weighted by Gasteiger charge is 2.51. The first-order valence-corrected chi connectivity index (χ1v) is 8.86. The van der Waals surface area contributed by atoms with Gasteiger partial charge in [-0.1, -0.05) is 12.2 Å². The SMILES string of the molecule is COc1ccc(S(=O)(=O)N2CC3[C@H]4C=C[C@H](C4)[C@H]3C2)cc1. The fraction of sp³-hybridized carbons (Fsp3) is 0.500. The van der Waals surface area contributed by atoms with Crippen molar-refractivity contribution in [3.05, 3.63) is 36.4 Å². The molecule has 2 aliphatic carbocycles. The lowest BCUT2D eigenvalue weighted by Crippen LogP contribution is -2.30. The maximum Gasteiger partial charge on any atom is 0.243 e. The van der Waals surface area contributed by atoms with Gasteiger partial charge in [-0.25, -0.2) is 8.42 Å². The van der Waals surface area contributed by atoms with E-state index in [0.29, 0.717) is 47.4 Å². The molecule has 1 unspecified atom stereocenters. The molecule has 1 aliphatic heterocycles. The molecule has 4 rings (SSSR count). The average molecular weight is 305 g/mol. The van der Waals surface area contributed by atoms with Gasteiger partial charge in [-0.3, -0.25) is 0 Å². The van der Waals surface area contributed by atoms with E-state index in [9.17, 15) is 8.42 Å². The van der Waals surface area contributed by atoms with Gasteiger partial charge in [0.2, 0.25) is 10.0 Å². The summed E-state index contributed by atoms with van der Waals surface area (Å²) >= 11 is 0. The van der Waals surface area contributed by atoms with Crippen molar-refractivity contribution in [3.63, 3.8) is 0 Å². The van der Waals surface area contributed by atoms with E-state index in [0.717, 1.165) is 0 Å². The Labute approximate surface area is 125 Å². The van der Waals surface area contributed by atoms with Crippen LogP contribution < -0.4 is 4.74 Å². The van der Waals surface area contributed by atoms with Gasteiger partial charge in [0.15, 0.2) is 0 Å². The molecule has 2 bridgehead atoms. The highest BCUT2D eigenvalue weighted by atomic mass is 32.2. The van der Waals surface area contributed by atoms with Crippen molar-refractivity contribution in [2.24, 2.45) is 23.7 Å². The smallest absolute Gasteiger partial charge is 0.243 e. The second kappa shape index (κ2) is 4.58. The monoisotopic (exact) mass is 305 g/mol. The molecular weight excluding hydrogens is 286 g/mol. The van der Waals surface area contributed by atoms with Crippen LogP contribution in [0.25, 0.3) is 0 Å². The van der Waals surface area contributed by atoms with Gasteiger partial charge in [0, 0.05) is 13.1 Å². The number of methoxy groups -OCH3 is 1. The van der Waals surface area contributed by atoms with E-state index in [-0.39, 0.29) is 0 Å². The quantitative estimate of drug-likeness (QED) is 0.804. The summed E-state index contributed by atoms with van der Waals surface area (Å²) in [6, 6.07) is 6.67. The van der Waals surface area contributed by atoms with Crippen LogP contribution in [0.3, 0.4) is 0 Å². The van der Waals surface area contributed by atoms with Crippen molar-refractivity contribution in [1.82, 2.24) is 4.31 Å². The Bertz CT molecular complexity index is 660. The second-order valence-electron chi connectivity index (χ2n) is 6.27. The number of nitrogens with zero attached hydrogens (tertiary/aromatic N) is 1. The van der Waals surface area contributed by atoms with Crippen molar-refractivity contribution in [1.29, 1.82) is 0 Å². The van der Waals surface area contributed by atoms with E-state index in [2.05, 4.69) is 12.2 Å². The third-order valence-corrected chi connectivity index (χ3v) is 7.17. The lowest BCUT2D eigenvalue weighted by Gasteiger charge is -2.18. The normalized spacial score (nSPS) is 34.3. The molecule has 1 saturated carbocycles. The molecule has 1 heterocycles. The average Bonchev–Trinajstić information content (AvgIpc) is 3.19. The van der Waals surface area contributed by atoms with Crippen molar-refractivity contribution in [2.75, 3.05) is 20.2 Å². The molecule has 5 heteroatoms. The van der Waals surface area contributed by atoms with Crippen LogP contribution in [-0.4, -0.2) is 32.9 Å². The van der Waals surface area contributed by atoms with E-state index in [4.69, 9.17) is 4.74 Å². The molecule has 0 aromatic heterocycles. The molecule has 3 aliphatic rings. The Hall–Kier alpha value is -1.33. The minimum absolute atomic E-state index is 0.364. The van der Waals surface area contributed by atoms with Gasteiger partial charge in [-0.05, 0) is 54.4 Å². The molecule has 112 valence electrons. The number of ether oxygens (including phenoxy) is 1.